The van der Waals surface area contributed by atoms with Gasteiger partial charge in [0, 0.05) is 11.3 Å². The van der Waals surface area contributed by atoms with Gasteiger partial charge in [-0.25, -0.2) is 0 Å². The Labute approximate surface area is 114 Å². The van der Waals surface area contributed by atoms with E-state index in [0.29, 0.717) is 5.69 Å². The molecule has 2 rings (SSSR count). The molecule has 2 heteroatoms. The minimum Gasteiger partial charge on any atom is -0.399 e. The van der Waals surface area contributed by atoms with Crippen LogP contribution < -0.4 is 5.73 Å². The van der Waals surface area contributed by atoms with Crippen LogP contribution in [0.3, 0.4) is 0 Å². The number of nitrogens with two attached hydrogens (primary N) is 1. The van der Waals surface area contributed by atoms with Gasteiger partial charge in [-0.3, -0.25) is 4.79 Å². The maximum Gasteiger partial charge on any atom is 0.172 e. The molecule has 2 aromatic rings. The average molecular weight is 253 g/mol. The van der Waals surface area contributed by atoms with Crippen molar-refractivity contribution in [2.75, 3.05) is 5.73 Å². The highest BCUT2D eigenvalue weighted by Crippen LogP contribution is 2.28. The number of anilines is 1. The summed E-state index contributed by atoms with van der Waals surface area (Å²) in [5.41, 5.74) is 8.72. The third-order valence-corrected chi connectivity index (χ3v) is 3.51. The molecular formula is C17H19NO. The Morgan fingerprint density at radius 3 is 2.00 bits per heavy atom. The lowest BCUT2D eigenvalue weighted by Gasteiger charge is -2.24. The Kier molecular flexibility index (Phi) is 3.43. The lowest BCUT2D eigenvalue weighted by molar-refractivity contribution is 0.0909. The second-order valence-corrected chi connectivity index (χ2v) is 5.44. The Balaban J connectivity index is 2.35. The van der Waals surface area contributed by atoms with Crippen LogP contribution in [0, 0.1) is 6.92 Å². The first-order valence-corrected chi connectivity index (χ1v) is 6.39. The van der Waals surface area contributed by atoms with Gasteiger partial charge >= 0.3 is 0 Å². The maximum absolute atomic E-state index is 12.6. The Morgan fingerprint density at radius 1 is 0.947 bits per heavy atom. The van der Waals surface area contributed by atoms with E-state index >= 15 is 0 Å². The van der Waals surface area contributed by atoms with Crippen LogP contribution in [0.2, 0.25) is 0 Å². The lowest BCUT2D eigenvalue weighted by atomic mass is 9.78. The SMILES string of the molecule is Cc1ccc(C(=O)C(C)(C)c2ccc(N)cc2)cc1. The fraction of sp³-hybridized carbons (Fsp3) is 0.235. The molecule has 0 unspecified atom stereocenters. The number of ketones is 1. The fourth-order valence-corrected chi connectivity index (χ4v) is 2.10. The van der Waals surface area contributed by atoms with Crippen molar-refractivity contribution in [1.82, 2.24) is 0 Å². The molecule has 0 radical (unpaired) electrons. The number of benzene rings is 2. The zero-order valence-electron chi connectivity index (χ0n) is 11.6. The van der Waals surface area contributed by atoms with Crippen molar-refractivity contribution in [2.24, 2.45) is 0 Å². The quantitative estimate of drug-likeness (QED) is 0.669. The smallest absolute Gasteiger partial charge is 0.172 e. The minimum absolute atomic E-state index is 0.122. The molecule has 0 saturated carbocycles. The zero-order chi connectivity index (χ0) is 14.0. The van der Waals surface area contributed by atoms with E-state index in [0.717, 1.165) is 16.7 Å². The molecule has 0 aliphatic rings. The number of carbonyl (C=O) groups excluding carboxylic acids is 1. The van der Waals surface area contributed by atoms with Crippen molar-refractivity contribution >= 4 is 11.5 Å². The van der Waals surface area contributed by atoms with E-state index < -0.39 is 5.41 Å². The molecule has 2 nitrogen and oxygen atoms in total. The molecule has 0 aromatic heterocycles. The molecular weight excluding hydrogens is 234 g/mol. The van der Waals surface area contributed by atoms with E-state index in [1.165, 1.54) is 0 Å². The van der Waals surface area contributed by atoms with Crippen LogP contribution >= 0.6 is 0 Å². The van der Waals surface area contributed by atoms with Crippen molar-refractivity contribution in [3.63, 3.8) is 0 Å². The van der Waals surface area contributed by atoms with Crippen LogP contribution in [0.4, 0.5) is 5.69 Å². The van der Waals surface area contributed by atoms with Gasteiger partial charge in [-0.15, -0.1) is 0 Å². The number of hydrogen-bond donors (Lipinski definition) is 1. The van der Waals surface area contributed by atoms with Crippen molar-refractivity contribution in [1.29, 1.82) is 0 Å². The standard InChI is InChI=1S/C17H19NO/c1-12-4-6-13(7-5-12)16(19)17(2,3)14-8-10-15(18)11-9-14/h4-11H,18H2,1-3H3. The second-order valence-electron chi connectivity index (χ2n) is 5.44. The summed E-state index contributed by atoms with van der Waals surface area (Å²) < 4.78 is 0. The summed E-state index contributed by atoms with van der Waals surface area (Å²) in [7, 11) is 0. The van der Waals surface area contributed by atoms with Gasteiger partial charge in [0.2, 0.25) is 0 Å². The number of hydrogen-bond acceptors (Lipinski definition) is 2. The first kappa shape index (κ1) is 13.3. The maximum atomic E-state index is 12.6. The Morgan fingerprint density at radius 2 is 1.47 bits per heavy atom. The highest BCUT2D eigenvalue weighted by molar-refractivity contribution is 6.03. The molecule has 98 valence electrons. The number of nitrogen functional groups attached to an aromatic ring is 1. The average Bonchev–Trinajstić information content (AvgIpc) is 2.39. The van der Waals surface area contributed by atoms with E-state index in [2.05, 4.69) is 0 Å². The van der Waals surface area contributed by atoms with Gasteiger partial charge in [0.25, 0.3) is 0 Å². The molecule has 0 saturated heterocycles. The molecule has 0 amide bonds. The van der Waals surface area contributed by atoms with Crippen LogP contribution in [0.15, 0.2) is 48.5 Å². The molecule has 0 bridgehead atoms. The first-order chi connectivity index (χ1) is 8.91. The number of aryl methyl sites for hydroxylation is 1. The molecule has 0 fully saturated rings. The number of Topliss-reactive ketones (excluding diaryl/α,β-unsaturated/α-hetero) is 1. The monoisotopic (exact) mass is 253 g/mol. The van der Waals surface area contributed by atoms with Crippen LogP contribution in [-0.4, -0.2) is 5.78 Å². The number of rotatable bonds is 3. The molecule has 0 spiro atoms. The van der Waals surface area contributed by atoms with Crippen molar-refractivity contribution in [3.8, 4) is 0 Å². The molecule has 0 aliphatic carbocycles. The third kappa shape index (κ3) is 2.68. The summed E-state index contributed by atoms with van der Waals surface area (Å²) in [5, 5.41) is 0. The minimum atomic E-state index is -0.553. The van der Waals surface area contributed by atoms with E-state index in [1.54, 1.807) is 0 Å². The van der Waals surface area contributed by atoms with Crippen molar-refractivity contribution in [3.05, 3.63) is 65.2 Å². The predicted octanol–water partition coefficient (Wildman–Crippen LogP) is 3.74. The summed E-state index contributed by atoms with van der Waals surface area (Å²) in [4.78, 5) is 12.6. The van der Waals surface area contributed by atoms with Crippen LogP contribution in [-0.2, 0) is 5.41 Å². The summed E-state index contributed by atoms with van der Waals surface area (Å²) in [6.45, 7) is 5.90. The highest BCUT2D eigenvalue weighted by atomic mass is 16.1. The van der Waals surface area contributed by atoms with Gasteiger partial charge in [0.1, 0.15) is 0 Å². The summed E-state index contributed by atoms with van der Waals surface area (Å²) >= 11 is 0. The van der Waals surface area contributed by atoms with Gasteiger partial charge in [0.05, 0.1) is 5.41 Å². The van der Waals surface area contributed by atoms with E-state index in [1.807, 2.05) is 69.3 Å². The molecule has 2 aromatic carbocycles. The third-order valence-electron chi connectivity index (χ3n) is 3.51. The van der Waals surface area contributed by atoms with Gasteiger partial charge in [-0.2, -0.15) is 0 Å². The summed E-state index contributed by atoms with van der Waals surface area (Å²) in [5.74, 6) is 0.122. The zero-order valence-corrected chi connectivity index (χ0v) is 11.6. The lowest BCUT2D eigenvalue weighted by Crippen LogP contribution is -2.29. The van der Waals surface area contributed by atoms with Crippen LogP contribution in [0.5, 0.6) is 0 Å². The normalized spacial score (nSPS) is 11.3. The summed E-state index contributed by atoms with van der Waals surface area (Å²) in [6, 6.07) is 15.2. The topological polar surface area (TPSA) is 43.1 Å². The molecule has 0 heterocycles. The summed E-state index contributed by atoms with van der Waals surface area (Å²) in [6.07, 6.45) is 0. The molecule has 19 heavy (non-hydrogen) atoms. The van der Waals surface area contributed by atoms with Crippen LogP contribution in [0.1, 0.15) is 35.3 Å². The van der Waals surface area contributed by atoms with Crippen molar-refractivity contribution in [2.45, 2.75) is 26.2 Å². The van der Waals surface area contributed by atoms with E-state index in [9.17, 15) is 4.79 Å². The van der Waals surface area contributed by atoms with E-state index in [-0.39, 0.29) is 5.78 Å². The van der Waals surface area contributed by atoms with E-state index in [4.69, 9.17) is 5.73 Å². The molecule has 2 N–H and O–H groups in total. The molecule has 0 atom stereocenters. The predicted molar refractivity (Wildman–Crippen MR) is 79.4 cm³/mol. The van der Waals surface area contributed by atoms with Gasteiger partial charge in [-0.1, -0.05) is 42.0 Å². The van der Waals surface area contributed by atoms with Gasteiger partial charge < -0.3 is 5.73 Å². The van der Waals surface area contributed by atoms with Crippen LogP contribution in [0.25, 0.3) is 0 Å². The second kappa shape index (κ2) is 4.88. The highest BCUT2D eigenvalue weighted by Gasteiger charge is 2.30. The van der Waals surface area contributed by atoms with Crippen molar-refractivity contribution < 1.29 is 4.79 Å². The fourth-order valence-electron chi connectivity index (χ4n) is 2.10. The van der Waals surface area contributed by atoms with Gasteiger partial charge in [-0.05, 0) is 38.5 Å². The first-order valence-electron chi connectivity index (χ1n) is 6.39. The largest absolute Gasteiger partial charge is 0.399 e. The van der Waals surface area contributed by atoms with Gasteiger partial charge in [0.15, 0.2) is 5.78 Å². The molecule has 0 aliphatic heterocycles. The Hall–Kier alpha value is -2.09. The Bertz CT molecular complexity index is 580. The number of carbonyl (C=O) groups is 1.